The number of piperidine rings is 1. The first-order valence-corrected chi connectivity index (χ1v) is 9.43. The topological polar surface area (TPSA) is 116 Å². The van der Waals surface area contributed by atoms with Crippen molar-refractivity contribution in [1.82, 2.24) is 10.2 Å². The van der Waals surface area contributed by atoms with Crippen LogP contribution in [0.15, 0.2) is 24.3 Å². The van der Waals surface area contributed by atoms with Gasteiger partial charge in [-0.2, -0.15) is 0 Å². The van der Waals surface area contributed by atoms with Gasteiger partial charge in [-0.25, -0.2) is 0 Å². The summed E-state index contributed by atoms with van der Waals surface area (Å²) in [7, 11) is 0. The summed E-state index contributed by atoms with van der Waals surface area (Å²) in [5, 5.41) is 13.7. The summed E-state index contributed by atoms with van der Waals surface area (Å²) in [6, 6.07) is 6.88. The fraction of sp³-hybridized carbons (Fsp3) is 0.500. The Morgan fingerprint density at radius 2 is 1.71 bits per heavy atom. The number of aliphatic carboxylic acids is 1. The van der Waals surface area contributed by atoms with Crippen LogP contribution >= 0.6 is 0 Å². The number of hydrogen-bond donors (Lipinski definition) is 3. The number of hydrogen-bond acceptors (Lipinski definition) is 4. The SMILES string of the molecule is CC(C)C(=O)N1CCC(C(=O)Nc2ccc(CC(=O)NCC(=O)O)cc2)CC1. The Labute approximate surface area is 164 Å². The molecular formula is C20H27N3O5. The van der Waals surface area contributed by atoms with Crippen molar-refractivity contribution in [1.29, 1.82) is 0 Å². The second kappa shape index (κ2) is 9.87. The largest absolute Gasteiger partial charge is 0.480 e. The van der Waals surface area contributed by atoms with E-state index in [1.807, 2.05) is 18.7 Å². The molecule has 0 spiro atoms. The van der Waals surface area contributed by atoms with E-state index in [2.05, 4.69) is 10.6 Å². The fourth-order valence-electron chi connectivity index (χ4n) is 3.10. The van der Waals surface area contributed by atoms with Gasteiger partial charge in [0, 0.05) is 30.6 Å². The number of amides is 3. The molecule has 28 heavy (non-hydrogen) atoms. The van der Waals surface area contributed by atoms with Crippen LogP contribution in [0, 0.1) is 11.8 Å². The minimum absolute atomic E-state index is 0.0323. The van der Waals surface area contributed by atoms with Crippen LogP contribution in [0.2, 0.25) is 0 Å². The highest BCUT2D eigenvalue weighted by Crippen LogP contribution is 2.21. The monoisotopic (exact) mass is 389 g/mol. The minimum Gasteiger partial charge on any atom is -0.480 e. The third-order valence-corrected chi connectivity index (χ3v) is 4.69. The van der Waals surface area contributed by atoms with E-state index in [1.54, 1.807) is 24.3 Å². The van der Waals surface area contributed by atoms with Gasteiger partial charge >= 0.3 is 5.97 Å². The van der Waals surface area contributed by atoms with Crippen LogP contribution in [0.25, 0.3) is 0 Å². The molecule has 0 atom stereocenters. The summed E-state index contributed by atoms with van der Waals surface area (Å²) in [5.74, 6) is -1.56. The van der Waals surface area contributed by atoms with Crippen LogP contribution in [0.1, 0.15) is 32.3 Å². The normalized spacial score (nSPS) is 14.6. The number of likely N-dealkylation sites (tertiary alicyclic amines) is 1. The van der Waals surface area contributed by atoms with Gasteiger partial charge in [0.15, 0.2) is 0 Å². The van der Waals surface area contributed by atoms with E-state index in [0.29, 0.717) is 31.6 Å². The quantitative estimate of drug-likeness (QED) is 0.649. The maximum absolute atomic E-state index is 12.5. The van der Waals surface area contributed by atoms with Gasteiger partial charge in [0.1, 0.15) is 6.54 Å². The predicted molar refractivity (Wildman–Crippen MR) is 104 cm³/mol. The van der Waals surface area contributed by atoms with E-state index < -0.39 is 12.5 Å². The molecule has 0 radical (unpaired) electrons. The molecule has 1 saturated heterocycles. The summed E-state index contributed by atoms with van der Waals surface area (Å²) < 4.78 is 0. The van der Waals surface area contributed by atoms with E-state index >= 15 is 0 Å². The molecule has 0 unspecified atom stereocenters. The van der Waals surface area contributed by atoms with E-state index in [4.69, 9.17) is 5.11 Å². The van der Waals surface area contributed by atoms with Crippen LogP contribution in [0.4, 0.5) is 5.69 Å². The Morgan fingerprint density at radius 3 is 2.25 bits per heavy atom. The highest BCUT2D eigenvalue weighted by molar-refractivity contribution is 5.93. The number of carbonyl (C=O) groups is 4. The molecule has 3 N–H and O–H groups in total. The zero-order chi connectivity index (χ0) is 20.7. The van der Waals surface area contributed by atoms with Crippen molar-refractivity contribution in [2.24, 2.45) is 11.8 Å². The van der Waals surface area contributed by atoms with Crippen LogP contribution in [0.3, 0.4) is 0 Å². The summed E-state index contributed by atoms with van der Waals surface area (Å²) in [5.41, 5.74) is 1.36. The number of nitrogens with zero attached hydrogens (tertiary/aromatic N) is 1. The molecule has 0 saturated carbocycles. The van der Waals surface area contributed by atoms with E-state index in [-0.39, 0.29) is 36.0 Å². The lowest BCUT2D eigenvalue weighted by atomic mass is 9.95. The van der Waals surface area contributed by atoms with Gasteiger partial charge in [0.2, 0.25) is 17.7 Å². The molecule has 1 fully saturated rings. The van der Waals surface area contributed by atoms with Gasteiger partial charge < -0.3 is 20.6 Å². The molecule has 1 heterocycles. The van der Waals surface area contributed by atoms with Gasteiger partial charge in [-0.1, -0.05) is 26.0 Å². The molecule has 1 aliphatic rings. The number of carbonyl (C=O) groups excluding carboxylic acids is 3. The summed E-state index contributed by atoms with van der Waals surface area (Å²) >= 11 is 0. The highest BCUT2D eigenvalue weighted by atomic mass is 16.4. The van der Waals surface area contributed by atoms with Gasteiger partial charge in [0.25, 0.3) is 0 Å². The number of carboxylic acids is 1. The Hall–Kier alpha value is -2.90. The molecule has 1 aliphatic heterocycles. The smallest absolute Gasteiger partial charge is 0.322 e. The number of carboxylic acid groups (broad SMARTS) is 1. The Kier molecular flexibility index (Phi) is 7.54. The van der Waals surface area contributed by atoms with E-state index in [0.717, 1.165) is 5.56 Å². The Morgan fingerprint density at radius 1 is 1.11 bits per heavy atom. The maximum atomic E-state index is 12.5. The maximum Gasteiger partial charge on any atom is 0.322 e. The van der Waals surface area contributed by atoms with Gasteiger partial charge in [-0.05, 0) is 30.5 Å². The molecule has 8 heteroatoms. The first-order valence-electron chi connectivity index (χ1n) is 9.43. The van der Waals surface area contributed by atoms with Gasteiger partial charge in [-0.3, -0.25) is 19.2 Å². The standard InChI is InChI=1S/C20H27N3O5/c1-13(2)20(28)23-9-7-15(8-10-23)19(27)22-16-5-3-14(4-6-16)11-17(24)21-12-18(25)26/h3-6,13,15H,7-12H2,1-2H3,(H,21,24)(H,22,27)(H,25,26). The number of benzene rings is 1. The zero-order valence-corrected chi connectivity index (χ0v) is 16.2. The summed E-state index contributed by atoms with van der Waals surface area (Å²) in [6.45, 7) is 4.54. The lowest BCUT2D eigenvalue weighted by molar-refractivity contribution is -0.138. The molecular weight excluding hydrogens is 362 g/mol. The van der Waals surface area contributed by atoms with Crippen molar-refractivity contribution in [3.63, 3.8) is 0 Å². The highest BCUT2D eigenvalue weighted by Gasteiger charge is 2.28. The van der Waals surface area contributed by atoms with Crippen LogP contribution in [0.5, 0.6) is 0 Å². The molecule has 2 rings (SSSR count). The second-order valence-electron chi connectivity index (χ2n) is 7.29. The van der Waals surface area contributed by atoms with Crippen LogP contribution < -0.4 is 10.6 Å². The first-order chi connectivity index (χ1) is 13.3. The number of rotatable bonds is 7. The lowest BCUT2D eigenvalue weighted by Crippen LogP contribution is -2.43. The summed E-state index contributed by atoms with van der Waals surface area (Å²) in [4.78, 5) is 48.4. The predicted octanol–water partition coefficient (Wildman–Crippen LogP) is 1.26. The van der Waals surface area contributed by atoms with Gasteiger partial charge in [0.05, 0.1) is 6.42 Å². The molecule has 1 aromatic carbocycles. The average molecular weight is 389 g/mol. The van der Waals surface area contributed by atoms with Crippen molar-refractivity contribution in [3.05, 3.63) is 29.8 Å². The molecule has 8 nitrogen and oxygen atoms in total. The fourth-order valence-corrected chi connectivity index (χ4v) is 3.10. The average Bonchev–Trinajstić information content (AvgIpc) is 2.67. The van der Waals surface area contributed by atoms with Crippen molar-refractivity contribution in [2.45, 2.75) is 33.1 Å². The molecule has 0 aromatic heterocycles. The van der Waals surface area contributed by atoms with Crippen molar-refractivity contribution >= 4 is 29.4 Å². The van der Waals surface area contributed by atoms with Gasteiger partial charge in [-0.15, -0.1) is 0 Å². The van der Waals surface area contributed by atoms with Crippen molar-refractivity contribution in [2.75, 3.05) is 25.0 Å². The number of nitrogens with one attached hydrogen (secondary N) is 2. The van der Waals surface area contributed by atoms with Crippen LogP contribution in [-0.4, -0.2) is 53.3 Å². The third kappa shape index (κ3) is 6.37. The molecule has 1 aromatic rings. The second-order valence-corrected chi connectivity index (χ2v) is 7.29. The Bertz CT molecular complexity index is 722. The summed E-state index contributed by atoms with van der Waals surface area (Å²) in [6.07, 6.45) is 1.36. The van der Waals surface area contributed by atoms with Crippen molar-refractivity contribution in [3.8, 4) is 0 Å². The zero-order valence-electron chi connectivity index (χ0n) is 16.2. The van der Waals surface area contributed by atoms with E-state index in [9.17, 15) is 19.2 Å². The molecule has 0 aliphatic carbocycles. The first kappa shape index (κ1) is 21.4. The van der Waals surface area contributed by atoms with Crippen LogP contribution in [-0.2, 0) is 25.6 Å². The minimum atomic E-state index is -1.09. The Balaban J connectivity index is 1.81. The third-order valence-electron chi connectivity index (χ3n) is 4.69. The molecule has 3 amide bonds. The molecule has 152 valence electrons. The van der Waals surface area contributed by atoms with E-state index in [1.165, 1.54) is 0 Å². The lowest BCUT2D eigenvalue weighted by Gasteiger charge is -2.32. The number of anilines is 1. The molecule has 0 bridgehead atoms. The van der Waals surface area contributed by atoms with Crippen molar-refractivity contribution < 1.29 is 24.3 Å².